The van der Waals surface area contributed by atoms with E-state index in [0.29, 0.717) is 0 Å². The number of likely N-dealkylation sites (tertiary alicyclic amines) is 1. The predicted octanol–water partition coefficient (Wildman–Crippen LogP) is 3.21. The minimum Gasteiger partial charge on any atom is -0.354 e. The Bertz CT molecular complexity index is 743. The van der Waals surface area contributed by atoms with Gasteiger partial charge < -0.3 is 14.8 Å². The van der Waals surface area contributed by atoms with Crippen LogP contribution < -0.4 is 5.32 Å². The summed E-state index contributed by atoms with van der Waals surface area (Å²) in [6.45, 7) is 5.78. The van der Waals surface area contributed by atoms with E-state index in [1.54, 1.807) is 6.33 Å². The smallest absolute Gasteiger partial charge is 0.193 e. The molecule has 1 fully saturated rings. The molecule has 27 heavy (non-hydrogen) atoms. The van der Waals surface area contributed by atoms with Gasteiger partial charge in [-0.25, -0.2) is 0 Å². The molecular weight excluding hydrogens is 451 g/mol. The average molecular weight is 480 g/mol. The van der Waals surface area contributed by atoms with E-state index < -0.39 is 0 Å². The fraction of sp³-hybridized carbons (Fsp3) is 0.450. The van der Waals surface area contributed by atoms with Crippen LogP contribution in [0, 0.1) is 0 Å². The first kappa shape index (κ1) is 21.4. The second-order valence-electron chi connectivity index (χ2n) is 6.47. The Morgan fingerprint density at radius 3 is 2.63 bits per heavy atom. The molecule has 0 aliphatic carbocycles. The van der Waals surface area contributed by atoms with E-state index >= 15 is 0 Å². The van der Waals surface area contributed by atoms with Crippen molar-refractivity contribution in [3.05, 3.63) is 53.6 Å². The van der Waals surface area contributed by atoms with Crippen molar-refractivity contribution < 1.29 is 0 Å². The fourth-order valence-corrected chi connectivity index (χ4v) is 3.29. The maximum atomic E-state index is 4.45. The van der Waals surface area contributed by atoms with E-state index in [-0.39, 0.29) is 24.0 Å². The van der Waals surface area contributed by atoms with Gasteiger partial charge >= 0.3 is 0 Å². The number of aromatic nitrogens is 3. The maximum absolute atomic E-state index is 4.45. The third-order valence-electron chi connectivity index (χ3n) is 4.74. The number of guanidine groups is 1. The SMILES string of the molecule is CCc1nncn1CCNC(=NC)N1CCC(=Cc2ccccc2)CC1.I. The lowest BCUT2D eigenvalue weighted by molar-refractivity contribution is 0.374. The number of nitrogens with one attached hydrogen (secondary N) is 1. The summed E-state index contributed by atoms with van der Waals surface area (Å²) in [4.78, 5) is 6.80. The van der Waals surface area contributed by atoms with Gasteiger partial charge in [0.15, 0.2) is 5.96 Å². The van der Waals surface area contributed by atoms with Crippen LogP contribution in [0.2, 0.25) is 0 Å². The Balaban J connectivity index is 0.00000261. The van der Waals surface area contributed by atoms with E-state index in [0.717, 1.165) is 57.2 Å². The Kier molecular flexibility index (Phi) is 8.77. The van der Waals surface area contributed by atoms with E-state index in [1.165, 1.54) is 11.1 Å². The zero-order valence-corrected chi connectivity index (χ0v) is 18.5. The molecule has 0 unspecified atom stereocenters. The Morgan fingerprint density at radius 2 is 1.96 bits per heavy atom. The number of hydrogen-bond acceptors (Lipinski definition) is 3. The summed E-state index contributed by atoms with van der Waals surface area (Å²) in [5.41, 5.74) is 2.80. The van der Waals surface area contributed by atoms with Gasteiger partial charge in [-0.1, -0.05) is 48.9 Å². The van der Waals surface area contributed by atoms with Gasteiger partial charge in [-0.15, -0.1) is 34.2 Å². The summed E-state index contributed by atoms with van der Waals surface area (Å²) in [7, 11) is 1.86. The third kappa shape index (κ3) is 6.05. The molecule has 0 atom stereocenters. The number of halogens is 1. The number of aliphatic imine (C=N–C) groups is 1. The number of hydrogen-bond donors (Lipinski definition) is 1. The molecule has 6 nitrogen and oxygen atoms in total. The summed E-state index contributed by atoms with van der Waals surface area (Å²) < 4.78 is 2.09. The normalized spacial score (nSPS) is 14.7. The van der Waals surface area contributed by atoms with Crippen LogP contribution in [0.5, 0.6) is 0 Å². The van der Waals surface area contributed by atoms with Crippen molar-refractivity contribution in [1.82, 2.24) is 25.0 Å². The third-order valence-corrected chi connectivity index (χ3v) is 4.74. The first-order valence-corrected chi connectivity index (χ1v) is 9.37. The van der Waals surface area contributed by atoms with Crippen LogP contribution in [0.15, 0.2) is 47.2 Å². The molecule has 0 bridgehead atoms. The fourth-order valence-electron chi connectivity index (χ4n) is 3.29. The van der Waals surface area contributed by atoms with Crippen LogP contribution in [0.4, 0.5) is 0 Å². The highest BCUT2D eigenvalue weighted by Crippen LogP contribution is 2.19. The predicted molar refractivity (Wildman–Crippen MR) is 121 cm³/mol. The van der Waals surface area contributed by atoms with E-state index in [9.17, 15) is 0 Å². The molecule has 1 aliphatic rings. The molecule has 7 heteroatoms. The molecule has 0 spiro atoms. The Hall–Kier alpha value is -1.90. The van der Waals surface area contributed by atoms with Crippen LogP contribution in [-0.4, -0.2) is 52.3 Å². The van der Waals surface area contributed by atoms with Crippen molar-refractivity contribution in [2.45, 2.75) is 32.7 Å². The summed E-state index contributed by atoms with van der Waals surface area (Å²) in [5, 5.41) is 11.6. The first-order chi connectivity index (χ1) is 12.8. The topological polar surface area (TPSA) is 58.3 Å². The molecular formula is C20H29IN6. The Labute approximate surface area is 178 Å². The monoisotopic (exact) mass is 480 g/mol. The quantitative estimate of drug-likeness (QED) is 0.406. The molecule has 1 saturated heterocycles. The maximum Gasteiger partial charge on any atom is 0.193 e. The van der Waals surface area contributed by atoms with E-state index in [4.69, 9.17) is 0 Å². The number of rotatable bonds is 5. The van der Waals surface area contributed by atoms with Gasteiger partial charge in [0.1, 0.15) is 12.2 Å². The number of nitrogens with zero attached hydrogens (tertiary/aromatic N) is 5. The largest absolute Gasteiger partial charge is 0.354 e. The number of benzene rings is 1. The standard InChI is InChI=1S/C20H28N6.HI/c1-3-19-24-23-16-26(19)14-11-22-20(21-2)25-12-9-18(10-13-25)15-17-7-5-4-6-8-17;/h4-8,15-16H,3,9-14H2,1-2H3,(H,21,22);1H. The highest BCUT2D eigenvalue weighted by Gasteiger charge is 2.17. The highest BCUT2D eigenvalue weighted by atomic mass is 127. The van der Waals surface area contributed by atoms with Crippen molar-refractivity contribution in [2.24, 2.45) is 4.99 Å². The molecule has 2 heterocycles. The summed E-state index contributed by atoms with van der Waals surface area (Å²) in [5.74, 6) is 2.00. The highest BCUT2D eigenvalue weighted by molar-refractivity contribution is 14.0. The second-order valence-corrected chi connectivity index (χ2v) is 6.47. The lowest BCUT2D eigenvalue weighted by Gasteiger charge is -2.31. The molecule has 3 rings (SSSR count). The van der Waals surface area contributed by atoms with Gasteiger partial charge in [0, 0.05) is 39.6 Å². The molecule has 0 radical (unpaired) electrons. The molecule has 146 valence electrons. The summed E-state index contributed by atoms with van der Waals surface area (Å²) in [6.07, 6.45) is 7.19. The van der Waals surface area contributed by atoms with Crippen LogP contribution in [0.3, 0.4) is 0 Å². The molecule has 1 aromatic heterocycles. The number of piperidine rings is 1. The second kappa shape index (κ2) is 11.1. The zero-order valence-electron chi connectivity index (χ0n) is 16.1. The van der Waals surface area contributed by atoms with Gasteiger partial charge in [-0.3, -0.25) is 4.99 Å². The van der Waals surface area contributed by atoms with Crippen molar-refractivity contribution in [3.63, 3.8) is 0 Å². The number of aryl methyl sites for hydroxylation is 1. The summed E-state index contributed by atoms with van der Waals surface area (Å²) in [6, 6.07) is 10.6. The lowest BCUT2D eigenvalue weighted by atomic mass is 10.0. The molecule has 1 aliphatic heterocycles. The van der Waals surface area contributed by atoms with E-state index in [2.05, 4.69) is 73.3 Å². The first-order valence-electron chi connectivity index (χ1n) is 9.37. The van der Waals surface area contributed by atoms with Gasteiger partial charge in [0.2, 0.25) is 0 Å². The lowest BCUT2D eigenvalue weighted by Crippen LogP contribution is -2.45. The zero-order chi connectivity index (χ0) is 18.2. The average Bonchev–Trinajstić information content (AvgIpc) is 3.14. The minimum atomic E-state index is 0. The van der Waals surface area contributed by atoms with Crippen LogP contribution in [0.25, 0.3) is 6.08 Å². The molecule has 0 amide bonds. The van der Waals surface area contributed by atoms with Crippen LogP contribution >= 0.6 is 24.0 Å². The van der Waals surface area contributed by atoms with Crippen LogP contribution in [0.1, 0.15) is 31.2 Å². The van der Waals surface area contributed by atoms with Crippen LogP contribution in [-0.2, 0) is 13.0 Å². The molecule has 1 aromatic carbocycles. The minimum absolute atomic E-state index is 0. The van der Waals surface area contributed by atoms with Crippen molar-refractivity contribution in [3.8, 4) is 0 Å². The molecule has 0 saturated carbocycles. The Morgan fingerprint density at radius 1 is 1.22 bits per heavy atom. The van der Waals surface area contributed by atoms with Crippen molar-refractivity contribution in [1.29, 1.82) is 0 Å². The van der Waals surface area contributed by atoms with Gasteiger partial charge in [0.25, 0.3) is 0 Å². The molecule has 2 aromatic rings. The van der Waals surface area contributed by atoms with Gasteiger partial charge in [0.05, 0.1) is 0 Å². The van der Waals surface area contributed by atoms with Crippen molar-refractivity contribution >= 4 is 36.0 Å². The molecule has 1 N–H and O–H groups in total. The van der Waals surface area contributed by atoms with Gasteiger partial charge in [-0.2, -0.15) is 0 Å². The van der Waals surface area contributed by atoms with Crippen molar-refractivity contribution in [2.75, 3.05) is 26.7 Å². The van der Waals surface area contributed by atoms with E-state index in [1.807, 2.05) is 7.05 Å². The van der Waals surface area contributed by atoms with Gasteiger partial charge in [-0.05, 0) is 18.4 Å². The summed E-state index contributed by atoms with van der Waals surface area (Å²) >= 11 is 0.